The number of hydrogen-bond acceptors (Lipinski definition) is 3. The highest BCUT2D eigenvalue weighted by atomic mass is 16.3. The Bertz CT molecular complexity index is 683. The van der Waals surface area contributed by atoms with Gasteiger partial charge < -0.3 is 15.8 Å². The fourth-order valence-electron chi connectivity index (χ4n) is 2.27. The van der Waals surface area contributed by atoms with Crippen LogP contribution in [-0.2, 0) is 4.79 Å². The Morgan fingerprint density at radius 1 is 1.23 bits per heavy atom. The molecular formula is C17H17BN2O2. The number of phenolic OH excluding ortho intramolecular Hbond substituents is 1. The molecule has 1 atom stereocenters. The lowest BCUT2D eigenvalue weighted by atomic mass is 9.92. The van der Waals surface area contributed by atoms with E-state index in [1.165, 1.54) is 6.92 Å². The van der Waals surface area contributed by atoms with Crippen LogP contribution in [0.4, 0.5) is 0 Å². The number of hydrogen-bond donors (Lipinski definition) is 3. The molecule has 0 heterocycles. The molecule has 3 N–H and O–H groups in total. The molecule has 0 fully saturated rings. The van der Waals surface area contributed by atoms with Crippen LogP contribution in [0.5, 0.6) is 5.75 Å². The van der Waals surface area contributed by atoms with Gasteiger partial charge in [-0.2, -0.15) is 0 Å². The molecule has 1 unspecified atom stereocenters. The summed E-state index contributed by atoms with van der Waals surface area (Å²) in [5.41, 5.74) is 2.33. The normalized spacial score (nSPS) is 11.7. The lowest BCUT2D eigenvalue weighted by Gasteiger charge is -2.20. The summed E-state index contributed by atoms with van der Waals surface area (Å²) in [7, 11) is 5.64. The van der Waals surface area contributed by atoms with E-state index < -0.39 is 6.04 Å². The Kier molecular flexibility index (Phi) is 4.99. The maximum absolute atomic E-state index is 11.4. The molecule has 0 bridgehead atoms. The third kappa shape index (κ3) is 3.98. The summed E-state index contributed by atoms with van der Waals surface area (Å²) < 4.78 is 0. The molecule has 5 heteroatoms. The predicted molar refractivity (Wildman–Crippen MR) is 87.9 cm³/mol. The lowest BCUT2D eigenvalue weighted by molar-refractivity contribution is -0.119. The van der Waals surface area contributed by atoms with Crippen LogP contribution < -0.4 is 10.8 Å². The molecule has 0 aromatic heterocycles. The van der Waals surface area contributed by atoms with Gasteiger partial charge in [0, 0.05) is 24.6 Å². The summed E-state index contributed by atoms with van der Waals surface area (Å²) in [5.74, 6) is -0.107. The molecule has 2 rings (SSSR count). The van der Waals surface area contributed by atoms with Gasteiger partial charge in [0.2, 0.25) is 5.91 Å². The second-order valence-corrected chi connectivity index (χ2v) is 5.12. The smallest absolute Gasteiger partial charge is 0.217 e. The Morgan fingerprint density at radius 2 is 1.86 bits per heavy atom. The fraction of sp³-hybridized carbons (Fsp3) is 0.176. The van der Waals surface area contributed by atoms with Crippen LogP contribution >= 0.6 is 0 Å². The molecule has 0 spiro atoms. The van der Waals surface area contributed by atoms with Gasteiger partial charge in [-0.15, -0.1) is 0 Å². The van der Waals surface area contributed by atoms with Crippen molar-refractivity contribution >= 4 is 24.9 Å². The van der Waals surface area contributed by atoms with Crippen LogP contribution in [0.15, 0.2) is 48.5 Å². The van der Waals surface area contributed by atoms with E-state index in [1.807, 2.05) is 0 Å². The largest absolute Gasteiger partial charge is 0.508 e. The molecule has 110 valence electrons. The molecule has 4 nitrogen and oxygen atoms in total. The van der Waals surface area contributed by atoms with Gasteiger partial charge in [-0.1, -0.05) is 47.9 Å². The van der Waals surface area contributed by atoms with Crippen LogP contribution in [0.3, 0.4) is 0 Å². The van der Waals surface area contributed by atoms with Gasteiger partial charge >= 0.3 is 0 Å². The number of rotatable bonds is 5. The molecule has 1 amide bonds. The summed E-state index contributed by atoms with van der Waals surface area (Å²) in [5, 5.41) is 21.0. The number of para-hydroxylation sites is 1. The summed E-state index contributed by atoms with van der Waals surface area (Å²) in [4.78, 5) is 11.4. The molecule has 0 aliphatic heterocycles. The van der Waals surface area contributed by atoms with Gasteiger partial charge in [0.25, 0.3) is 0 Å². The van der Waals surface area contributed by atoms with E-state index in [-0.39, 0.29) is 18.1 Å². The molecule has 2 radical (unpaired) electrons. The van der Waals surface area contributed by atoms with Crippen LogP contribution in [0.2, 0.25) is 0 Å². The zero-order chi connectivity index (χ0) is 16.1. The first-order valence-electron chi connectivity index (χ1n) is 6.95. The quantitative estimate of drug-likeness (QED) is 0.581. The molecular weight excluding hydrogens is 275 g/mol. The van der Waals surface area contributed by atoms with E-state index in [1.54, 1.807) is 48.5 Å². The lowest BCUT2D eigenvalue weighted by Crippen LogP contribution is -2.28. The Labute approximate surface area is 131 Å². The topological polar surface area (TPSA) is 73.2 Å². The predicted octanol–water partition coefficient (Wildman–Crippen LogP) is 1.82. The second-order valence-electron chi connectivity index (χ2n) is 5.12. The average molecular weight is 292 g/mol. The van der Waals surface area contributed by atoms with Crippen molar-refractivity contribution < 1.29 is 9.90 Å². The van der Waals surface area contributed by atoms with Gasteiger partial charge in [0.1, 0.15) is 13.6 Å². The highest BCUT2D eigenvalue weighted by Gasteiger charge is 2.18. The van der Waals surface area contributed by atoms with E-state index >= 15 is 0 Å². The van der Waals surface area contributed by atoms with Crippen molar-refractivity contribution in [2.45, 2.75) is 19.4 Å². The monoisotopic (exact) mass is 292 g/mol. The highest BCUT2D eigenvalue weighted by Crippen LogP contribution is 2.27. The van der Waals surface area contributed by atoms with Crippen LogP contribution in [0.25, 0.3) is 0 Å². The van der Waals surface area contributed by atoms with Crippen LogP contribution in [0, 0.1) is 5.41 Å². The molecule has 0 aliphatic rings. The second kappa shape index (κ2) is 6.94. The van der Waals surface area contributed by atoms with Crippen molar-refractivity contribution in [1.82, 2.24) is 5.32 Å². The van der Waals surface area contributed by atoms with Gasteiger partial charge in [-0.25, -0.2) is 0 Å². The van der Waals surface area contributed by atoms with Gasteiger partial charge in [-0.3, -0.25) is 4.79 Å². The Hall–Kier alpha value is -2.56. The van der Waals surface area contributed by atoms with E-state index in [4.69, 9.17) is 13.3 Å². The number of amides is 1. The van der Waals surface area contributed by atoms with Gasteiger partial charge in [0.15, 0.2) is 0 Å². The maximum Gasteiger partial charge on any atom is 0.217 e. The van der Waals surface area contributed by atoms with E-state index in [0.29, 0.717) is 16.7 Å². The van der Waals surface area contributed by atoms with Crippen molar-refractivity contribution in [2.24, 2.45) is 0 Å². The minimum absolute atomic E-state index is 0.103. The third-order valence-electron chi connectivity index (χ3n) is 3.36. The molecule has 0 aliphatic carbocycles. The van der Waals surface area contributed by atoms with Crippen LogP contribution in [-0.4, -0.2) is 24.6 Å². The number of benzene rings is 2. The SMILES string of the molecule is [B]c1ccc(C(=N)CC(NC(C)=O)c2ccccc2O)cc1. The number of aromatic hydroxyl groups is 1. The first-order valence-corrected chi connectivity index (χ1v) is 6.95. The highest BCUT2D eigenvalue weighted by molar-refractivity contribution is 6.32. The molecule has 22 heavy (non-hydrogen) atoms. The standard InChI is InChI=1S/C17H17BN2O2/c1-11(21)20-16(14-4-2-3-5-17(14)22)10-15(19)12-6-8-13(18)9-7-12/h2-9,16,19,22H,10H2,1H3,(H,20,21). The Morgan fingerprint density at radius 3 is 2.45 bits per heavy atom. The van der Waals surface area contributed by atoms with Crippen molar-refractivity contribution in [2.75, 3.05) is 0 Å². The zero-order valence-corrected chi connectivity index (χ0v) is 12.3. The number of carbonyl (C=O) groups excluding carboxylic acids is 1. The van der Waals surface area contributed by atoms with E-state index in [2.05, 4.69) is 5.32 Å². The van der Waals surface area contributed by atoms with E-state index in [9.17, 15) is 9.90 Å². The average Bonchev–Trinajstić information content (AvgIpc) is 2.47. The first-order chi connectivity index (χ1) is 10.5. The molecule has 2 aromatic rings. The molecule has 0 saturated heterocycles. The summed E-state index contributed by atoms with van der Waals surface area (Å²) in [6, 6.07) is 13.4. The minimum Gasteiger partial charge on any atom is -0.508 e. The molecule has 2 aromatic carbocycles. The van der Waals surface area contributed by atoms with Crippen molar-refractivity contribution in [3.8, 4) is 5.75 Å². The van der Waals surface area contributed by atoms with Crippen molar-refractivity contribution in [1.29, 1.82) is 5.41 Å². The van der Waals surface area contributed by atoms with Gasteiger partial charge in [0.05, 0.1) is 6.04 Å². The summed E-state index contributed by atoms with van der Waals surface area (Å²) >= 11 is 0. The third-order valence-corrected chi connectivity index (χ3v) is 3.36. The number of nitrogens with one attached hydrogen (secondary N) is 2. The minimum atomic E-state index is -0.455. The number of phenols is 1. The van der Waals surface area contributed by atoms with E-state index in [0.717, 1.165) is 5.56 Å². The first kappa shape index (κ1) is 15.8. The van der Waals surface area contributed by atoms with Crippen molar-refractivity contribution in [3.05, 3.63) is 59.7 Å². The van der Waals surface area contributed by atoms with Crippen molar-refractivity contribution in [3.63, 3.8) is 0 Å². The summed E-state index contributed by atoms with van der Waals surface area (Å²) in [6.45, 7) is 1.42. The zero-order valence-electron chi connectivity index (χ0n) is 12.3. The Balaban J connectivity index is 2.23. The van der Waals surface area contributed by atoms with Gasteiger partial charge in [-0.05, 0) is 11.6 Å². The summed E-state index contributed by atoms with van der Waals surface area (Å²) in [6.07, 6.45) is 0.279. The fourth-order valence-corrected chi connectivity index (χ4v) is 2.27. The maximum atomic E-state index is 11.4. The van der Waals surface area contributed by atoms with Crippen LogP contribution in [0.1, 0.15) is 30.5 Å². The molecule has 0 saturated carbocycles. The number of carbonyl (C=O) groups is 1.